The van der Waals surface area contributed by atoms with E-state index in [1.54, 1.807) is 41.3 Å². The highest BCUT2D eigenvalue weighted by Crippen LogP contribution is 2.38. The Labute approximate surface area is 256 Å². The number of rotatable bonds is 13. The van der Waals surface area contributed by atoms with E-state index in [1.165, 1.54) is 30.2 Å². The molecule has 3 aromatic rings. The molecule has 2 atom stereocenters. The number of carbonyl (C=O) groups is 2. The first-order valence-electron chi connectivity index (χ1n) is 13.4. The van der Waals surface area contributed by atoms with Gasteiger partial charge >= 0.3 is 12.6 Å². The minimum Gasteiger partial charge on any atom is -0.489 e. The number of ether oxygens (including phenoxy) is 3. The van der Waals surface area contributed by atoms with Crippen LogP contribution in [0.1, 0.15) is 40.4 Å². The van der Waals surface area contributed by atoms with E-state index in [0.717, 1.165) is 12.8 Å². The van der Waals surface area contributed by atoms with E-state index in [4.69, 9.17) is 32.7 Å². The Bertz CT molecular complexity index is 1390. The second-order valence-electron chi connectivity index (χ2n) is 10.0. The fourth-order valence-electron chi connectivity index (χ4n) is 4.55. The van der Waals surface area contributed by atoms with Crippen LogP contribution in [-0.4, -0.2) is 59.1 Å². The molecule has 5 rings (SSSR count). The Morgan fingerprint density at radius 3 is 2.48 bits per heavy atom. The molecule has 1 saturated heterocycles. The fraction of sp³-hybridized carbons (Fsp3) is 0.367. The average molecular weight is 638 g/mol. The zero-order valence-corrected chi connectivity index (χ0v) is 24.7. The van der Waals surface area contributed by atoms with Gasteiger partial charge in [-0.25, -0.2) is 4.79 Å². The zero-order valence-electron chi connectivity index (χ0n) is 22.4. The highest BCUT2D eigenvalue weighted by molar-refractivity contribution is 8.00. The molecule has 2 heterocycles. The molecule has 0 bridgehead atoms. The fourth-order valence-corrected chi connectivity index (χ4v) is 6.22. The van der Waals surface area contributed by atoms with Crippen LogP contribution in [0, 0.1) is 5.92 Å². The van der Waals surface area contributed by atoms with Gasteiger partial charge in [0.1, 0.15) is 6.10 Å². The lowest BCUT2D eigenvalue weighted by Crippen LogP contribution is -2.39. The molecule has 42 heavy (non-hydrogen) atoms. The Morgan fingerprint density at radius 1 is 1.05 bits per heavy atom. The summed E-state index contributed by atoms with van der Waals surface area (Å²) in [5.41, 5.74) is 1.55. The van der Waals surface area contributed by atoms with Crippen molar-refractivity contribution in [3.8, 4) is 11.5 Å². The summed E-state index contributed by atoms with van der Waals surface area (Å²) in [5.74, 6) is 0.371. The van der Waals surface area contributed by atoms with Crippen LogP contribution in [0.4, 0.5) is 8.78 Å². The smallest absolute Gasteiger partial charge is 0.387 e. The molecule has 0 amide bonds. The number of hydrogen-bond acceptors (Lipinski definition) is 8. The molecule has 2 aromatic carbocycles. The van der Waals surface area contributed by atoms with Crippen molar-refractivity contribution in [3.63, 3.8) is 0 Å². The zero-order chi connectivity index (χ0) is 29.6. The summed E-state index contributed by atoms with van der Waals surface area (Å²) in [4.78, 5) is 32.3. The van der Waals surface area contributed by atoms with Crippen LogP contribution in [0.2, 0.25) is 10.0 Å². The number of carbonyl (C=O) groups excluding carboxylic acids is 2. The molecule has 1 saturated carbocycles. The van der Waals surface area contributed by atoms with Crippen molar-refractivity contribution in [1.29, 1.82) is 0 Å². The van der Waals surface area contributed by atoms with Crippen molar-refractivity contribution in [2.75, 3.05) is 25.4 Å². The largest absolute Gasteiger partial charge is 0.489 e. The van der Waals surface area contributed by atoms with Gasteiger partial charge in [-0.2, -0.15) is 8.78 Å². The van der Waals surface area contributed by atoms with Crippen LogP contribution < -0.4 is 9.47 Å². The van der Waals surface area contributed by atoms with Crippen LogP contribution in [-0.2, 0) is 16.0 Å². The summed E-state index contributed by atoms with van der Waals surface area (Å²) < 4.78 is 42.8. The summed E-state index contributed by atoms with van der Waals surface area (Å²) in [7, 11) is 0. The van der Waals surface area contributed by atoms with Gasteiger partial charge in [0.2, 0.25) is 0 Å². The number of benzene rings is 2. The lowest BCUT2D eigenvalue weighted by atomic mass is 10.0. The number of nitrogens with zero attached hydrogens (tertiary/aromatic N) is 2. The van der Waals surface area contributed by atoms with Crippen LogP contribution in [0.25, 0.3) is 0 Å². The van der Waals surface area contributed by atoms with E-state index >= 15 is 0 Å². The molecule has 0 unspecified atom stereocenters. The third-order valence-electron chi connectivity index (χ3n) is 6.96. The van der Waals surface area contributed by atoms with Crippen LogP contribution in [0.3, 0.4) is 0 Å². The number of thioether (sulfide) groups is 1. The van der Waals surface area contributed by atoms with Crippen LogP contribution >= 0.6 is 35.0 Å². The van der Waals surface area contributed by atoms with Gasteiger partial charge < -0.3 is 14.2 Å². The number of esters is 1. The van der Waals surface area contributed by atoms with E-state index in [-0.39, 0.29) is 40.3 Å². The molecule has 7 nitrogen and oxygen atoms in total. The number of pyridine rings is 1. The van der Waals surface area contributed by atoms with Gasteiger partial charge in [-0.1, -0.05) is 59.6 Å². The standard InChI is InChI=1S/C30H28Cl2F2N2O5S/c31-22-14-35-15-23(32)21(22)13-26(20-8-9-25(41-30(33)34)27(12-20)39-17-18-6-7-18)40-29(38)28-36(10-11-42-28)16-24(37)19-4-2-1-3-5-19/h1-5,8-9,12,14-15,18,26,28,30H,6-7,10-11,13,16-17H2/t26-,28-/m0/s1. The quantitative estimate of drug-likeness (QED) is 0.149. The van der Waals surface area contributed by atoms with Crippen molar-refractivity contribution in [3.05, 3.63) is 87.7 Å². The Balaban J connectivity index is 1.40. The lowest BCUT2D eigenvalue weighted by molar-refractivity contribution is -0.151. The molecule has 1 aliphatic carbocycles. The molecule has 1 aromatic heterocycles. The second-order valence-corrected chi connectivity index (χ2v) is 12.0. The predicted molar refractivity (Wildman–Crippen MR) is 157 cm³/mol. The number of aromatic nitrogens is 1. The molecule has 0 spiro atoms. The molecule has 12 heteroatoms. The van der Waals surface area contributed by atoms with Crippen molar-refractivity contribution in [1.82, 2.24) is 9.88 Å². The Hall–Kier alpha value is -2.92. The number of hydrogen-bond donors (Lipinski definition) is 0. The first-order chi connectivity index (χ1) is 20.3. The summed E-state index contributed by atoms with van der Waals surface area (Å²) in [6.45, 7) is -2.08. The summed E-state index contributed by atoms with van der Waals surface area (Å²) in [5, 5.41) is -0.135. The van der Waals surface area contributed by atoms with E-state index in [9.17, 15) is 18.4 Å². The van der Waals surface area contributed by atoms with Crippen molar-refractivity contribution in [2.24, 2.45) is 5.92 Å². The van der Waals surface area contributed by atoms with Crippen LogP contribution in [0.15, 0.2) is 60.9 Å². The normalized spacial score (nSPS) is 17.7. The number of halogens is 4. The molecule has 2 aliphatic rings. The molecular weight excluding hydrogens is 609 g/mol. The maximum Gasteiger partial charge on any atom is 0.387 e. The Morgan fingerprint density at radius 2 is 1.79 bits per heavy atom. The molecule has 1 aliphatic heterocycles. The van der Waals surface area contributed by atoms with Gasteiger partial charge in [-0.15, -0.1) is 11.8 Å². The van der Waals surface area contributed by atoms with Gasteiger partial charge in [-0.05, 0) is 42.0 Å². The minimum atomic E-state index is -3.04. The summed E-state index contributed by atoms with van der Waals surface area (Å²) in [6, 6.07) is 13.3. The maximum absolute atomic E-state index is 13.6. The van der Waals surface area contributed by atoms with Gasteiger partial charge in [0.15, 0.2) is 22.7 Å². The summed E-state index contributed by atoms with van der Waals surface area (Å²) in [6.07, 6.45) is 4.07. The first kappa shape index (κ1) is 30.5. The van der Waals surface area contributed by atoms with E-state index in [1.807, 2.05) is 6.07 Å². The van der Waals surface area contributed by atoms with Crippen molar-refractivity contribution < 1.29 is 32.6 Å². The highest BCUT2D eigenvalue weighted by Gasteiger charge is 2.36. The second kappa shape index (κ2) is 14.0. The van der Waals surface area contributed by atoms with Crippen molar-refractivity contribution in [2.45, 2.75) is 37.4 Å². The monoisotopic (exact) mass is 636 g/mol. The van der Waals surface area contributed by atoms with Gasteiger partial charge in [0.05, 0.1) is 23.2 Å². The van der Waals surface area contributed by atoms with E-state index in [2.05, 4.69) is 9.72 Å². The number of ketones is 1. The molecule has 222 valence electrons. The average Bonchev–Trinajstić information content (AvgIpc) is 3.69. The minimum absolute atomic E-state index is 0.0578. The van der Waals surface area contributed by atoms with E-state index in [0.29, 0.717) is 41.5 Å². The van der Waals surface area contributed by atoms with E-state index < -0.39 is 24.1 Å². The lowest BCUT2D eigenvalue weighted by Gasteiger charge is -2.26. The SMILES string of the molecule is O=C(CN1CCS[C@H]1C(=O)O[C@@H](Cc1c(Cl)cncc1Cl)c1ccc(OC(F)F)c(OCC2CC2)c1)c1ccccc1. The Kier molecular flexibility index (Phi) is 10.2. The third-order valence-corrected chi connectivity index (χ3v) is 8.83. The molecule has 0 N–H and O–H groups in total. The molecular formula is C30H28Cl2F2N2O5S. The van der Waals surface area contributed by atoms with Gasteiger partial charge in [-0.3, -0.25) is 14.7 Å². The highest BCUT2D eigenvalue weighted by atomic mass is 35.5. The molecule has 2 fully saturated rings. The summed E-state index contributed by atoms with van der Waals surface area (Å²) >= 11 is 14.2. The maximum atomic E-state index is 13.6. The van der Waals surface area contributed by atoms with Crippen LogP contribution in [0.5, 0.6) is 11.5 Å². The molecule has 0 radical (unpaired) electrons. The van der Waals surface area contributed by atoms with Gasteiger partial charge in [0.25, 0.3) is 0 Å². The van der Waals surface area contributed by atoms with Crippen molar-refractivity contribution >= 4 is 46.7 Å². The predicted octanol–water partition coefficient (Wildman–Crippen LogP) is 6.86. The third kappa shape index (κ3) is 7.92. The topological polar surface area (TPSA) is 78.0 Å². The first-order valence-corrected chi connectivity index (χ1v) is 15.2. The van der Waals surface area contributed by atoms with Gasteiger partial charge in [0, 0.05) is 36.7 Å². The number of Topliss-reactive ketones (excluding diaryl/α,β-unsaturated/α-hetero) is 1. The number of alkyl halides is 2.